The van der Waals surface area contributed by atoms with Gasteiger partial charge in [-0.25, -0.2) is 0 Å². The molecule has 33 heavy (non-hydrogen) atoms. The predicted molar refractivity (Wildman–Crippen MR) is 133 cm³/mol. The van der Waals surface area contributed by atoms with Crippen LogP contribution in [0.5, 0.6) is 11.5 Å². The first-order valence-corrected chi connectivity index (χ1v) is 12.9. The monoisotopic (exact) mass is 460 g/mol. The lowest BCUT2D eigenvalue weighted by Crippen LogP contribution is -2.24. The molecule has 2 aliphatic rings. The molecular formula is C28H44O5. The average Bonchev–Trinajstić information content (AvgIpc) is 2.86. The fraction of sp³-hybridized carbons (Fsp3) is 0.714. The van der Waals surface area contributed by atoms with Crippen molar-refractivity contribution < 1.29 is 24.1 Å². The van der Waals surface area contributed by atoms with Crippen LogP contribution in [0, 0.1) is 0 Å². The van der Waals surface area contributed by atoms with E-state index in [-0.39, 0.29) is 19.3 Å². The Labute approximate surface area is 200 Å². The zero-order valence-electron chi connectivity index (χ0n) is 20.7. The van der Waals surface area contributed by atoms with Crippen molar-refractivity contribution >= 4 is 0 Å². The first-order chi connectivity index (χ1) is 16.2. The molecule has 186 valence electrons. The summed E-state index contributed by atoms with van der Waals surface area (Å²) in [6.07, 6.45) is 14.5. The van der Waals surface area contributed by atoms with Crippen LogP contribution in [-0.2, 0) is 9.47 Å². The van der Waals surface area contributed by atoms with Crippen LogP contribution in [0.3, 0.4) is 0 Å². The smallest absolute Gasteiger partial charge is 0.126 e. The summed E-state index contributed by atoms with van der Waals surface area (Å²) in [5, 5.41) is 10.2. The number of hydrogen-bond donors (Lipinski definition) is 1. The summed E-state index contributed by atoms with van der Waals surface area (Å²) >= 11 is 0. The molecule has 0 amide bonds. The highest BCUT2D eigenvalue weighted by atomic mass is 16.5. The number of benzene rings is 1. The van der Waals surface area contributed by atoms with E-state index < -0.39 is 6.10 Å². The molecule has 1 aromatic carbocycles. The van der Waals surface area contributed by atoms with Crippen LogP contribution in [0.2, 0.25) is 0 Å². The lowest BCUT2D eigenvalue weighted by Gasteiger charge is -2.30. The van der Waals surface area contributed by atoms with Crippen LogP contribution in [0.4, 0.5) is 0 Å². The predicted octanol–water partition coefficient (Wildman–Crippen LogP) is 6.14. The van der Waals surface area contributed by atoms with E-state index in [0.29, 0.717) is 18.4 Å². The van der Waals surface area contributed by atoms with E-state index in [2.05, 4.69) is 18.7 Å². The van der Waals surface area contributed by atoms with Crippen LogP contribution in [-0.4, -0.2) is 51.4 Å². The molecule has 1 aromatic rings. The number of ether oxygens (including phenoxy) is 4. The maximum atomic E-state index is 10.2. The van der Waals surface area contributed by atoms with Crippen LogP contribution < -0.4 is 9.47 Å². The van der Waals surface area contributed by atoms with Crippen LogP contribution in [0.15, 0.2) is 24.8 Å². The minimum Gasteiger partial charge on any atom is -0.490 e. The molecule has 0 saturated heterocycles. The van der Waals surface area contributed by atoms with Gasteiger partial charge in [-0.2, -0.15) is 0 Å². The molecule has 5 heteroatoms. The van der Waals surface area contributed by atoms with Crippen molar-refractivity contribution in [2.45, 2.75) is 94.7 Å². The van der Waals surface area contributed by atoms with Crippen LogP contribution in [0.25, 0.3) is 0 Å². The normalized spacial score (nSPS) is 19.7. The van der Waals surface area contributed by atoms with Crippen LogP contribution >= 0.6 is 0 Å². The Kier molecular flexibility index (Phi) is 11.0. The maximum Gasteiger partial charge on any atom is 0.126 e. The topological polar surface area (TPSA) is 57.2 Å². The first-order valence-electron chi connectivity index (χ1n) is 12.9. The van der Waals surface area contributed by atoms with Gasteiger partial charge in [0.15, 0.2) is 0 Å². The van der Waals surface area contributed by atoms with Gasteiger partial charge in [0, 0.05) is 20.3 Å². The van der Waals surface area contributed by atoms with Crippen LogP contribution in [0.1, 0.15) is 93.6 Å². The summed E-state index contributed by atoms with van der Waals surface area (Å²) in [6.45, 7) is 4.80. The maximum absolute atomic E-state index is 10.2. The SMILES string of the molecule is C=CCC(COc1cc(OCC(O)COC)c(C2CCCCC2)cc1C1CCCCC1)OC. The van der Waals surface area contributed by atoms with Crippen molar-refractivity contribution in [2.75, 3.05) is 34.0 Å². The number of hydrogen-bond acceptors (Lipinski definition) is 5. The largest absolute Gasteiger partial charge is 0.490 e. The molecule has 3 rings (SSSR count). The third-order valence-corrected chi connectivity index (χ3v) is 7.21. The zero-order chi connectivity index (χ0) is 23.5. The van der Waals surface area contributed by atoms with Gasteiger partial charge in [-0.1, -0.05) is 44.6 Å². The lowest BCUT2D eigenvalue weighted by atomic mass is 9.79. The molecule has 0 aromatic heterocycles. The molecule has 0 radical (unpaired) electrons. The summed E-state index contributed by atoms with van der Waals surface area (Å²) < 4.78 is 23.3. The van der Waals surface area contributed by atoms with E-state index in [1.807, 2.05) is 6.08 Å². The number of aliphatic hydroxyl groups excluding tert-OH is 1. The van der Waals surface area contributed by atoms with Gasteiger partial charge in [0.05, 0.1) is 12.7 Å². The standard InChI is InChI=1S/C28H44O5/c1-4-11-24(31-3)20-33-28-17-27(32-19-23(29)18-30-2)25(21-12-7-5-8-13-21)16-26(28)22-14-9-6-10-15-22/h4,16-17,21-24,29H,1,5-15,18-20H2,2-3H3. The van der Waals surface area contributed by atoms with Crippen molar-refractivity contribution in [3.8, 4) is 11.5 Å². The van der Waals surface area contributed by atoms with Gasteiger partial charge in [0.2, 0.25) is 0 Å². The Hall–Kier alpha value is -1.56. The molecule has 0 aliphatic heterocycles. The van der Waals surface area contributed by atoms with E-state index in [4.69, 9.17) is 18.9 Å². The molecule has 2 saturated carbocycles. The molecule has 0 bridgehead atoms. The molecule has 5 nitrogen and oxygen atoms in total. The molecule has 2 unspecified atom stereocenters. The Morgan fingerprint density at radius 1 is 0.848 bits per heavy atom. The fourth-order valence-electron chi connectivity index (χ4n) is 5.34. The van der Waals surface area contributed by atoms with E-state index in [1.54, 1.807) is 14.2 Å². The van der Waals surface area contributed by atoms with Gasteiger partial charge in [-0.15, -0.1) is 6.58 Å². The molecule has 2 aliphatic carbocycles. The van der Waals surface area contributed by atoms with E-state index in [0.717, 1.165) is 17.9 Å². The molecular weight excluding hydrogens is 416 g/mol. The Bertz CT molecular complexity index is 706. The Morgan fingerprint density at radius 2 is 1.39 bits per heavy atom. The Balaban J connectivity index is 1.92. The van der Waals surface area contributed by atoms with Crippen molar-refractivity contribution in [3.63, 3.8) is 0 Å². The summed E-state index contributed by atoms with van der Waals surface area (Å²) in [5.41, 5.74) is 2.62. The van der Waals surface area contributed by atoms with Gasteiger partial charge >= 0.3 is 0 Å². The first kappa shape index (κ1) is 26.1. The van der Waals surface area contributed by atoms with Crippen molar-refractivity contribution in [3.05, 3.63) is 35.9 Å². The Morgan fingerprint density at radius 3 is 1.88 bits per heavy atom. The van der Waals surface area contributed by atoms with Gasteiger partial charge in [0.25, 0.3) is 0 Å². The second-order valence-electron chi connectivity index (χ2n) is 9.71. The summed E-state index contributed by atoms with van der Waals surface area (Å²) in [5.74, 6) is 2.80. The van der Waals surface area contributed by atoms with Gasteiger partial charge in [-0.05, 0) is 61.1 Å². The quantitative estimate of drug-likeness (QED) is 0.358. The molecule has 2 atom stereocenters. The molecule has 0 heterocycles. The third kappa shape index (κ3) is 7.73. The molecule has 0 spiro atoms. The number of aliphatic hydroxyl groups is 1. The molecule has 2 fully saturated rings. The van der Waals surface area contributed by atoms with Crippen molar-refractivity contribution in [1.29, 1.82) is 0 Å². The van der Waals surface area contributed by atoms with Crippen molar-refractivity contribution in [2.24, 2.45) is 0 Å². The highest BCUT2D eigenvalue weighted by Gasteiger charge is 2.26. The average molecular weight is 461 g/mol. The fourth-order valence-corrected chi connectivity index (χ4v) is 5.34. The van der Waals surface area contributed by atoms with E-state index in [1.165, 1.54) is 75.3 Å². The zero-order valence-corrected chi connectivity index (χ0v) is 20.7. The van der Waals surface area contributed by atoms with E-state index >= 15 is 0 Å². The minimum atomic E-state index is -0.651. The van der Waals surface area contributed by atoms with E-state index in [9.17, 15) is 5.11 Å². The summed E-state index contributed by atoms with van der Waals surface area (Å²) in [4.78, 5) is 0. The number of methoxy groups -OCH3 is 2. The highest BCUT2D eigenvalue weighted by Crippen LogP contribution is 2.45. The summed E-state index contributed by atoms with van der Waals surface area (Å²) in [6, 6.07) is 4.47. The van der Waals surface area contributed by atoms with Gasteiger partial charge < -0.3 is 24.1 Å². The second-order valence-corrected chi connectivity index (χ2v) is 9.71. The van der Waals surface area contributed by atoms with Gasteiger partial charge in [-0.3, -0.25) is 0 Å². The summed E-state index contributed by atoms with van der Waals surface area (Å²) in [7, 11) is 3.31. The second kappa shape index (κ2) is 14.0. The highest BCUT2D eigenvalue weighted by molar-refractivity contribution is 5.50. The minimum absolute atomic E-state index is 0.0207. The lowest BCUT2D eigenvalue weighted by molar-refractivity contribution is 0.0319. The van der Waals surface area contributed by atoms with Gasteiger partial charge in [0.1, 0.15) is 30.8 Å². The van der Waals surface area contributed by atoms with Crippen molar-refractivity contribution in [1.82, 2.24) is 0 Å². The third-order valence-electron chi connectivity index (χ3n) is 7.21. The number of rotatable bonds is 13. The molecule has 1 N–H and O–H groups in total.